The minimum absolute atomic E-state index is 0.759. The van der Waals surface area contributed by atoms with E-state index in [9.17, 15) is 0 Å². The molecule has 0 fully saturated rings. The third kappa shape index (κ3) is 2.25. The van der Waals surface area contributed by atoms with E-state index in [1.807, 2.05) is 19.1 Å². The smallest absolute Gasteiger partial charge is 0.194 e. The molecule has 0 radical (unpaired) electrons. The van der Waals surface area contributed by atoms with Gasteiger partial charge in [-0.2, -0.15) is 0 Å². The first-order valence-electron chi connectivity index (χ1n) is 6.48. The minimum atomic E-state index is 0.759. The number of benzene rings is 1. The Labute approximate surface area is 122 Å². The van der Waals surface area contributed by atoms with Crippen LogP contribution in [-0.2, 0) is 6.54 Å². The fourth-order valence-corrected chi connectivity index (χ4v) is 3.11. The van der Waals surface area contributed by atoms with Crippen molar-refractivity contribution in [1.29, 1.82) is 0 Å². The molecule has 2 heterocycles. The van der Waals surface area contributed by atoms with E-state index >= 15 is 0 Å². The zero-order valence-corrected chi connectivity index (χ0v) is 12.6. The van der Waals surface area contributed by atoms with Crippen LogP contribution in [0.15, 0.2) is 29.8 Å². The maximum atomic E-state index is 5.28. The molecule has 0 spiro atoms. The fraction of sp³-hybridized carbons (Fsp3) is 0.267. The molecule has 0 saturated heterocycles. The molecule has 0 aliphatic carbocycles. The Bertz CT molecular complexity index is 745. The van der Waals surface area contributed by atoms with Crippen LogP contribution in [0.2, 0.25) is 0 Å². The van der Waals surface area contributed by atoms with Crippen LogP contribution in [0.5, 0.6) is 5.75 Å². The second-order valence-electron chi connectivity index (χ2n) is 4.74. The Morgan fingerprint density at radius 2 is 2.20 bits per heavy atom. The van der Waals surface area contributed by atoms with Crippen molar-refractivity contribution >= 4 is 22.0 Å². The number of hydrogen-bond donors (Lipinski definition) is 1. The van der Waals surface area contributed by atoms with Gasteiger partial charge in [-0.25, -0.2) is 4.98 Å². The molecule has 20 heavy (non-hydrogen) atoms. The van der Waals surface area contributed by atoms with E-state index in [1.165, 1.54) is 5.69 Å². The first-order valence-corrected chi connectivity index (χ1v) is 7.36. The van der Waals surface area contributed by atoms with E-state index in [1.54, 1.807) is 18.4 Å². The van der Waals surface area contributed by atoms with Crippen molar-refractivity contribution in [1.82, 2.24) is 9.38 Å². The third-order valence-electron chi connectivity index (χ3n) is 3.42. The molecule has 1 N–H and O–H groups in total. The van der Waals surface area contributed by atoms with Gasteiger partial charge in [-0.15, -0.1) is 11.3 Å². The molecule has 0 saturated carbocycles. The predicted octanol–water partition coefficient (Wildman–Crippen LogP) is 3.63. The number of imidazole rings is 1. The summed E-state index contributed by atoms with van der Waals surface area (Å²) in [6.45, 7) is 4.86. The SMILES string of the molecule is COc1ccc(NCc2c(C)nc3sccn23)cc1C. The van der Waals surface area contributed by atoms with Gasteiger partial charge >= 0.3 is 0 Å². The molecule has 0 amide bonds. The largest absolute Gasteiger partial charge is 0.496 e. The number of nitrogens with zero attached hydrogens (tertiary/aromatic N) is 2. The van der Waals surface area contributed by atoms with Crippen molar-refractivity contribution < 1.29 is 4.74 Å². The summed E-state index contributed by atoms with van der Waals surface area (Å²) < 4.78 is 7.42. The van der Waals surface area contributed by atoms with Crippen molar-refractivity contribution in [2.75, 3.05) is 12.4 Å². The number of rotatable bonds is 4. The van der Waals surface area contributed by atoms with Crippen LogP contribution < -0.4 is 10.1 Å². The number of aromatic nitrogens is 2. The number of hydrogen-bond acceptors (Lipinski definition) is 4. The molecule has 1 aromatic carbocycles. The lowest BCUT2D eigenvalue weighted by Crippen LogP contribution is -2.03. The number of aryl methyl sites for hydroxylation is 2. The van der Waals surface area contributed by atoms with Gasteiger partial charge in [0.05, 0.1) is 25.0 Å². The lowest BCUT2D eigenvalue weighted by atomic mass is 10.2. The Balaban J connectivity index is 1.81. The molecule has 3 rings (SSSR count). The second-order valence-corrected chi connectivity index (χ2v) is 5.61. The topological polar surface area (TPSA) is 38.6 Å². The number of thiazole rings is 1. The molecule has 5 heteroatoms. The summed E-state index contributed by atoms with van der Waals surface area (Å²) in [6, 6.07) is 6.12. The Morgan fingerprint density at radius 1 is 1.35 bits per heavy atom. The van der Waals surface area contributed by atoms with Gasteiger partial charge in [0.1, 0.15) is 5.75 Å². The summed E-state index contributed by atoms with van der Waals surface area (Å²) in [5.74, 6) is 0.913. The van der Waals surface area contributed by atoms with Crippen molar-refractivity contribution in [2.24, 2.45) is 0 Å². The molecule has 2 aromatic heterocycles. The van der Waals surface area contributed by atoms with Gasteiger partial charge in [-0.3, -0.25) is 4.40 Å². The van der Waals surface area contributed by atoms with Crippen LogP contribution in [0.3, 0.4) is 0 Å². The normalized spacial score (nSPS) is 10.9. The summed E-state index contributed by atoms with van der Waals surface area (Å²) in [7, 11) is 1.69. The highest BCUT2D eigenvalue weighted by atomic mass is 32.1. The molecule has 104 valence electrons. The lowest BCUT2D eigenvalue weighted by Gasteiger charge is -2.10. The van der Waals surface area contributed by atoms with E-state index in [0.717, 1.165) is 34.2 Å². The lowest BCUT2D eigenvalue weighted by molar-refractivity contribution is 0.412. The molecule has 0 atom stereocenters. The van der Waals surface area contributed by atoms with Crippen LogP contribution in [0, 0.1) is 13.8 Å². The van der Waals surface area contributed by atoms with Gasteiger partial charge in [-0.05, 0) is 37.6 Å². The number of anilines is 1. The predicted molar refractivity (Wildman–Crippen MR) is 82.9 cm³/mol. The minimum Gasteiger partial charge on any atom is -0.496 e. The average Bonchev–Trinajstić information content (AvgIpc) is 2.97. The second kappa shape index (κ2) is 5.17. The van der Waals surface area contributed by atoms with Crippen molar-refractivity contribution in [3.05, 3.63) is 46.7 Å². The van der Waals surface area contributed by atoms with Crippen LogP contribution >= 0.6 is 11.3 Å². The van der Waals surface area contributed by atoms with Crippen molar-refractivity contribution in [3.8, 4) is 5.75 Å². The van der Waals surface area contributed by atoms with Gasteiger partial charge in [0.2, 0.25) is 0 Å². The summed E-state index contributed by atoms with van der Waals surface area (Å²) in [4.78, 5) is 5.60. The highest BCUT2D eigenvalue weighted by molar-refractivity contribution is 7.15. The zero-order valence-electron chi connectivity index (χ0n) is 11.8. The van der Waals surface area contributed by atoms with Crippen LogP contribution in [0.25, 0.3) is 4.96 Å². The number of methoxy groups -OCH3 is 1. The van der Waals surface area contributed by atoms with Crippen LogP contribution in [-0.4, -0.2) is 16.5 Å². The Morgan fingerprint density at radius 3 is 2.95 bits per heavy atom. The summed E-state index contributed by atoms with van der Waals surface area (Å²) in [6.07, 6.45) is 2.07. The van der Waals surface area contributed by atoms with Crippen LogP contribution in [0.1, 0.15) is 17.0 Å². The summed E-state index contributed by atoms with van der Waals surface area (Å²) >= 11 is 1.66. The van der Waals surface area contributed by atoms with Gasteiger partial charge < -0.3 is 10.1 Å². The van der Waals surface area contributed by atoms with Gasteiger partial charge in [0.25, 0.3) is 0 Å². The maximum absolute atomic E-state index is 5.28. The summed E-state index contributed by atoms with van der Waals surface area (Å²) in [5.41, 5.74) is 4.50. The van der Waals surface area contributed by atoms with Crippen molar-refractivity contribution in [2.45, 2.75) is 20.4 Å². The van der Waals surface area contributed by atoms with E-state index in [-0.39, 0.29) is 0 Å². The maximum Gasteiger partial charge on any atom is 0.194 e. The van der Waals surface area contributed by atoms with E-state index in [2.05, 4.69) is 39.3 Å². The molecule has 0 bridgehead atoms. The van der Waals surface area contributed by atoms with Crippen LogP contribution in [0.4, 0.5) is 5.69 Å². The molecule has 0 aliphatic heterocycles. The standard InChI is InChI=1S/C15H17N3OS/c1-10-8-12(4-5-14(10)19-3)16-9-13-11(2)17-15-18(13)6-7-20-15/h4-8,16H,9H2,1-3H3. The zero-order chi connectivity index (χ0) is 14.1. The first kappa shape index (κ1) is 13.0. The monoisotopic (exact) mass is 287 g/mol. The Hall–Kier alpha value is -2.01. The Kier molecular flexibility index (Phi) is 3.36. The highest BCUT2D eigenvalue weighted by Crippen LogP contribution is 2.23. The van der Waals surface area contributed by atoms with Gasteiger partial charge in [-0.1, -0.05) is 0 Å². The number of nitrogens with one attached hydrogen (secondary N) is 1. The highest BCUT2D eigenvalue weighted by Gasteiger charge is 2.09. The fourth-order valence-electron chi connectivity index (χ4n) is 2.33. The quantitative estimate of drug-likeness (QED) is 0.796. The van der Waals surface area contributed by atoms with E-state index < -0.39 is 0 Å². The molecule has 4 nitrogen and oxygen atoms in total. The molecular weight excluding hydrogens is 270 g/mol. The van der Waals surface area contributed by atoms with Gasteiger partial charge in [0, 0.05) is 17.3 Å². The number of ether oxygens (including phenoxy) is 1. The molecule has 0 aliphatic rings. The molecular formula is C15H17N3OS. The molecule has 3 aromatic rings. The van der Waals surface area contributed by atoms with E-state index in [4.69, 9.17) is 4.74 Å². The summed E-state index contributed by atoms with van der Waals surface area (Å²) in [5, 5.41) is 5.51. The average molecular weight is 287 g/mol. The van der Waals surface area contributed by atoms with E-state index in [0.29, 0.717) is 0 Å². The first-order chi connectivity index (χ1) is 9.69. The number of fused-ring (bicyclic) bond motifs is 1. The van der Waals surface area contributed by atoms with Gasteiger partial charge in [0.15, 0.2) is 4.96 Å². The molecule has 0 unspecified atom stereocenters. The van der Waals surface area contributed by atoms with Crippen molar-refractivity contribution in [3.63, 3.8) is 0 Å². The third-order valence-corrected chi connectivity index (χ3v) is 4.17.